The summed E-state index contributed by atoms with van der Waals surface area (Å²) in [4.78, 5) is 19.8. The normalized spacial score (nSPS) is 15.1. The Hall–Kier alpha value is -2.40. The number of Topliss-reactive ketones (excluding diaryl/α,β-unsaturated/α-hetero) is 1. The first-order chi connectivity index (χ1) is 12.2. The largest absolute Gasteiger partial charge is 0.361 e. The number of hydrogen-bond donors (Lipinski definition) is 0. The second-order valence-corrected chi connectivity index (χ2v) is 7.47. The Balaban J connectivity index is 1.63. The molecule has 1 fully saturated rings. The SMILES string of the molecule is C[C@@H](C(=O)c1nccn1-c1cccs1)N(CC1CC1)c1ccccc1. The lowest BCUT2D eigenvalue weighted by atomic mass is 10.1. The minimum atomic E-state index is -0.246. The van der Waals surface area contributed by atoms with E-state index in [1.165, 1.54) is 12.8 Å². The van der Waals surface area contributed by atoms with Gasteiger partial charge in [-0.15, -0.1) is 11.3 Å². The summed E-state index contributed by atoms with van der Waals surface area (Å²) in [6.07, 6.45) is 6.08. The van der Waals surface area contributed by atoms with Crippen molar-refractivity contribution in [1.82, 2.24) is 9.55 Å². The van der Waals surface area contributed by atoms with E-state index in [-0.39, 0.29) is 11.8 Å². The first kappa shape index (κ1) is 16.1. The van der Waals surface area contributed by atoms with E-state index in [0.29, 0.717) is 11.7 Å². The predicted octanol–water partition coefficient (Wildman–Crippen LogP) is 4.42. The Morgan fingerprint density at radius 2 is 2.08 bits per heavy atom. The van der Waals surface area contributed by atoms with E-state index >= 15 is 0 Å². The summed E-state index contributed by atoms with van der Waals surface area (Å²) in [5, 5.41) is 3.03. The van der Waals surface area contributed by atoms with Gasteiger partial charge in [0.05, 0.1) is 6.04 Å². The van der Waals surface area contributed by atoms with Gasteiger partial charge in [0.15, 0.2) is 5.82 Å². The van der Waals surface area contributed by atoms with Gasteiger partial charge in [0.2, 0.25) is 5.78 Å². The average molecular weight is 351 g/mol. The van der Waals surface area contributed by atoms with Crippen LogP contribution in [0.15, 0.2) is 60.2 Å². The number of aromatic nitrogens is 2. The van der Waals surface area contributed by atoms with Gasteiger partial charge >= 0.3 is 0 Å². The highest BCUT2D eigenvalue weighted by Crippen LogP contribution is 2.32. The predicted molar refractivity (Wildman–Crippen MR) is 102 cm³/mol. The average Bonchev–Trinajstić information content (AvgIpc) is 3.12. The first-order valence-corrected chi connectivity index (χ1v) is 9.55. The molecule has 0 radical (unpaired) electrons. The van der Waals surface area contributed by atoms with Crippen LogP contribution in [0.3, 0.4) is 0 Å². The van der Waals surface area contributed by atoms with Crippen LogP contribution in [0.2, 0.25) is 0 Å². The van der Waals surface area contributed by atoms with Gasteiger partial charge in [0, 0.05) is 24.6 Å². The molecule has 0 saturated heterocycles. The van der Waals surface area contributed by atoms with Crippen molar-refractivity contribution in [1.29, 1.82) is 0 Å². The van der Waals surface area contributed by atoms with Crippen molar-refractivity contribution in [3.63, 3.8) is 0 Å². The van der Waals surface area contributed by atoms with E-state index in [0.717, 1.165) is 17.2 Å². The summed E-state index contributed by atoms with van der Waals surface area (Å²) >= 11 is 1.61. The minimum absolute atomic E-state index is 0.0582. The molecule has 0 amide bonds. The number of hydrogen-bond acceptors (Lipinski definition) is 4. The summed E-state index contributed by atoms with van der Waals surface area (Å²) < 4.78 is 1.89. The fraction of sp³-hybridized carbons (Fsp3) is 0.300. The lowest BCUT2D eigenvalue weighted by Crippen LogP contribution is -2.41. The molecule has 0 spiro atoms. The van der Waals surface area contributed by atoms with E-state index in [2.05, 4.69) is 22.0 Å². The Labute approximate surface area is 151 Å². The van der Waals surface area contributed by atoms with Gasteiger partial charge in [-0.2, -0.15) is 0 Å². The van der Waals surface area contributed by atoms with Gasteiger partial charge in [-0.25, -0.2) is 4.98 Å². The number of ketones is 1. The second kappa shape index (κ2) is 6.84. The van der Waals surface area contributed by atoms with Crippen molar-refractivity contribution in [3.8, 4) is 5.00 Å². The number of benzene rings is 1. The number of carbonyl (C=O) groups excluding carboxylic acids is 1. The van der Waals surface area contributed by atoms with Crippen molar-refractivity contribution in [2.24, 2.45) is 5.92 Å². The van der Waals surface area contributed by atoms with Crippen LogP contribution < -0.4 is 4.90 Å². The zero-order valence-corrected chi connectivity index (χ0v) is 15.0. The maximum atomic E-state index is 13.2. The van der Waals surface area contributed by atoms with Crippen LogP contribution in [-0.2, 0) is 0 Å². The van der Waals surface area contributed by atoms with Crippen molar-refractivity contribution in [2.75, 3.05) is 11.4 Å². The summed E-state index contributed by atoms with van der Waals surface area (Å²) in [6.45, 7) is 2.92. The molecule has 1 saturated carbocycles. The zero-order valence-electron chi connectivity index (χ0n) is 14.2. The number of rotatable bonds is 7. The molecule has 1 atom stereocenters. The van der Waals surface area contributed by atoms with E-state index in [1.54, 1.807) is 17.5 Å². The molecular weight excluding hydrogens is 330 g/mol. The lowest BCUT2D eigenvalue weighted by molar-refractivity contribution is 0.0952. The molecular formula is C20H21N3OS. The third-order valence-corrected chi connectivity index (χ3v) is 5.56. The first-order valence-electron chi connectivity index (χ1n) is 8.67. The molecule has 3 aromatic rings. The fourth-order valence-electron chi connectivity index (χ4n) is 3.08. The number of imidazole rings is 1. The number of nitrogens with zero attached hydrogens (tertiary/aromatic N) is 3. The zero-order chi connectivity index (χ0) is 17.2. The summed E-state index contributed by atoms with van der Waals surface area (Å²) in [7, 11) is 0. The standard InChI is InChI=1S/C20H21N3OS/c1-15(23(14-16-9-10-16)17-6-3-2-4-7-17)19(24)20-21-11-12-22(20)18-8-5-13-25-18/h2-8,11-13,15-16H,9-10,14H2,1H3/t15-/m0/s1. The Kier molecular flexibility index (Phi) is 4.40. The quantitative estimate of drug-likeness (QED) is 0.591. The molecule has 0 unspecified atom stereocenters. The molecule has 4 nitrogen and oxygen atoms in total. The number of thiophene rings is 1. The minimum Gasteiger partial charge on any atom is -0.361 e. The molecule has 1 aliphatic rings. The maximum absolute atomic E-state index is 13.2. The van der Waals surface area contributed by atoms with Crippen molar-refractivity contribution in [3.05, 3.63) is 66.1 Å². The van der Waals surface area contributed by atoms with E-state index in [9.17, 15) is 4.79 Å². The molecule has 1 aliphatic carbocycles. The van der Waals surface area contributed by atoms with Crippen molar-refractivity contribution in [2.45, 2.75) is 25.8 Å². The Morgan fingerprint density at radius 1 is 1.28 bits per heavy atom. The number of anilines is 1. The summed E-state index contributed by atoms with van der Waals surface area (Å²) in [6, 6.07) is 14.0. The second-order valence-electron chi connectivity index (χ2n) is 6.54. The van der Waals surface area contributed by atoms with Gasteiger partial charge in [-0.3, -0.25) is 9.36 Å². The molecule has 2 aromatic heterocycles. The van der Waals surface area contributed by atoms with Crippen LogP contribution in [0, 0.1) is 5.92 Å². The maximum Gasteiger partial charge on any atom is 0.220 e. The fourth-order valence-corrected chi connectivity index (χ4v) is 3.80. The van der Waals surface area contributed by atoms with E-state index in [4.69, 9.17) is 0 Å². The van der Waals surface area contributed by atoms with Gasteiger partial charge < -0.3 is 4.90 Å². The van der Waals surface area contributed by atoms with Gasteiger partial charge in [0.1, 0.15) is 5.00 Å². The van der Waals surface area contributed by atoms with E-state index in [1.807, 2.05) is 53.4 Å². The molecule has 0 aliphatic heterocycles. The van der Waals surface area contributed by atoms with Gasteiger partial charge in [-0.05, 0) is 55.3 Å². The van der Waals surface area contributed by atoms with Crippen molar-refractivity contribution >= 4 is 22.8 Å². The number of para-hydroxylation sites is 1. The highest BCUT2D eigenvalue weighted by Gasteiger charge is 2.31. The Morgan fingerprint density at radius 3 is 2.76 bits per heavy atom. The van der Waals surface area contributed by atoms with E-state index < -0.39 is 0 Å². The topological polar surface area (TPSA) is 38.1 Å². The molecule has 128 valence electrons. The van der Waals surface area contributed by atoms with Crippen LogP contribution in [-0.4, -0.2) is 27.9 Å². The third-order valence-electron chi connectivity index (χ3n) is 4.69. The van der Waals surface area contributed by atoms with Gasteiger partial charge in [-0.1, -0.05) is 18.2 Å². The summed E-state index contributed by atoms with van der Waals surface area (Å²) in [5.41, 5.74) is 1.10. The van der Waals surface area contributed by atoms with Crippen LogP contribution >= 0.6 is 11.3 Å². The van der Waals surface area contributed by atoms with Gasteiger partial charge in [0.25, 0.3) is 0 Å². The highest BCUT2D eigenvalue weighted by atomic mass is 32.1. The molecule has 0 N–H and O–H groups in total. The van der Waals surface area contributed by atoms with Crippen LogP contribution in [0.4, 0.5) is 5.69 Å². The van der Waals surface area contributed by atoms with Crippen LogP contribution in [0.1, 0.15) is 30.4 Å². The van der Waals surface area contributed by atoms with Crippen LogP contribution in [0.5, 0.6) is 0 Å². The molecule has 1 aromatic carbocycles. The monoisotopic (exact) mass is 351 g/mol. The molecule has 25 heavy (non-hydrogen) atoms. The number of carbonyl (C=O) groups is 1. The lowest BCUT2D eigenvalue weighted by Gasteiger charge is -2.30. The Bertz CT molecular complexity index is 837. The molecule has 2 heterocycles. The van der Waals surface area contributed by atoms with Crippen LogP contribution in [0.25, 0.3) is 5.00 Å². The van der Waals surface area contributed by atoms with Crippen molar-refractivity contribution < 1.29 is 4.79 Å². The highest BCUT2D eigenvalue weighted by molar-refractivity contribution is 7.12. The molecule has 5 heteroatoms. The molecule has 4 rings (SSSR count). The third kappa shape index (κ3) is 3.37. The smallest absolute Gasteiger partial charge is 0.220 e. The summed E-state index contributed by atoms with van der Waals surface area (Å²) in [5.74, 6) is 1.27. The molecule has 0 bridgehead atoms.